The average Bonchev–Trinajstić information content (AvgIpc) is 2.47. The topological polar surface area (TPSA) is 86.6 Å². The summed E-state index contributed by atoms with van der Waals surface area (Å²) in [5.41, 5.74) is 0.102. The van der Waals surface area contributed by atoms with Crippen molar-refractivity contribution in [2.24, 2.45) is 11.8 Å². The van der Waals surface area contributed by atoms with Crippen LogP contribution in [-0.2, 0) is 4.79 Å². The highest BCUT2D eigenvalue weighted by molar-refractivity contribution is 6.31. The van der Waals surface area contributed by atoms with Crippen LogP contribution in [0.3, 0.4) is 0 Å². The number of aliphatic carboxylic acids is 1. The third kappa shape index (κ3) is 3.88. The van der Waals surface area contributed by atoms with Crippen molar-refractivity contribution in [2.45, 2.75) is 25.7 Å². The van der Waals surface area contributed by atoms with E-state index in [1.54, 1.807) is 0 Å². The maximum Gasteiger partial charge on any atom is 0.306 e. The van der Waals surface area contributed by atoms with E-state index in [-0.39, 0.29) is 17.2 Å². The zero-order valence-corrected chi connectivity index (χ0v) is 12.3. The third-order valence-corrected chi connectivity index (χ3v) is 4.19. The second-order valence-corrected chi connectivity index (χ2v) is 5.80. The Bertz CT molecular complexity index is 546. The number of carboxylic acid groups (broad SMARTS) is 1. The van der Waals surface area contributed by atoms with Gasteiger partial charge in [0.1, 0.15) is 5.75 Å². The SMILES string of the molecule is O=C(NCC1CCCCC1C(=O)O)c1cc(Cl)ccc1O. The molecular weight excluding hydrogens is 294 g/mol. The van der Waals surface area contributed by atoms with Crippen molar-refractivity contribution in [3.8, 4) is 5.75 Å². The largest absolute Gasteiger partial charge is 0.507 e. The van der Waals surface area contributed by atoms with Crippen LogP contribution in [0.2, 0.25) is 5.02 Å². The lowest BCUT2D eigenvalue weighted by Crippen LogP contribution is -2.37. The van der Waals surface area contributed by atoms with Gasteiger partial charge < -0.3 is 15.5 Å². The number of hydrogen-bond donors (Lipinski definition) is 3. The van der Waals surface area contributed by atoms with Crippen LogP contribution in [0.4, 0.5) is 0 Å². The zero-order chi connectivity index (χ0) is 15.4. The number of halogens is 1. The fourth-order valence-corrected chi connectivity index (χ4v) is 2.96. The molecule has 0 radical (unpaired) electrons. The summed E-state index contributed by atoms with van der Waals surface area (Å²) in [6, 6.07) is 4.24. The zero-order valence-electron chi connectivity index (χ0n) is 11.5. The molecule has 3 N–H and O–H groups in total. The predicted octanol–water partition coefficient (Wildman–Crippen LogP) is 2.67. The van der Waals surface area contributed by atoms with E-state index in [0.29, 0.717) is 18.0 Å². The summed E-state index contributed by atoms with van der Waals surface area (Å²) in [5, 5.41) is 21.9. The van der Waals surface area contributed by atoms with Crippen molar-refractivity contribution in [3.63, 3.8) is 0 Å². The molecule has 1 aliphatic rings. The van der Waals surface area contributed by atoms with Gasteiger partial charge >= 0.3 is 5.97 Å². The third-order valence-electron chi connectivity index (χ3n) is 3.95. The maximum atomic E-state index is 12.1. The van der Waals surface area contributed by atoms with Crippen molar-refractivity contribution in [3.05, 3.63) is 28.8 Å². The Balaban J connectivity index is 1.99. The Morgan fingerprint density at radius 3 is 2.71 bits per heavy atom. The van der Waals surface area contributed by atoms with Gasteiger partial charge in [-0.3, -0.25) is 9.59 Å². The summed E-state index contributed by atoms with van der Waals surface area (Å²) in [6.45, 7) is 0.293. The smallest absolute Gasteiger partial charge is 0.306 e. The summed E-state index contributed by atoms with van der Waals surface area (Å²) in [4.78, 5) is 23.3. The number of carboxylic acids is 1. The highest BCUT2D eigenvalue weighted by atomic mass is 35.5. The quantitative estimate of drug-likeness (QED) is 0.798. The minimum Gasteiger partial charge on any atom is -0.507 e. The molecule has 2 unspecified atom stereocenters. The van der Waals surface area contributed by atoms with Crippen molar-refractivity contribution in [2.75, 3.05) is 6.54 Å². The Hall–Kier alpha value is -1.75. The number of amides is 1. The molecule has 2 atom stereocenters. The highest BCUT2D eigenvalue weighted by Crippen LogP contribution is 2.30. The first kappa shape index (κ1) is 15.6. The molecule has 0 heterocycles. The lowest BCUT2D eigenvalue weighted by molar-refractivity contribution is -0.144. The van der Waals surface area contributed by atoms with Crippen LogP contribution in [0.25, 0.3) is 0 Å². The fourth-order valence-electron chi connectivity index (χ4n) is 2.79. The molecule has 0 spiro atoms. The van der Waals surface area contributed by atoms with Gasteiger partial charge in [0.05, 0.1) is 11.5 Å². The normalized spacial score (nSPS) is 21.8. The van der Waals surface area contributed by atoms with Crippen LogP contribution >= 0.6 is 11.6 Å². The first-order valence-corrected chi connectivity index (χ1v) is 7.36. The Morgan fingerprint density at radius 1 is 1.29 bits per heavy atom. The molecule has 1 aliphatic carbocycles. The van der Waals surface area contributed by atoms with Crippen LogP contribution in [0.5, 0.6) is 5.75 Å². The molecule has 0 saturated heterocycles. The second kappa shape index (κ2) is 6.80. The number of rotatable bonds is 4. The van der Waals surface area contributed by atoms with Gasteiger partial charge in [-0.2, -0.15) is 0 Å². The molecule has 21 heavy (non-hydrogen) atoms. The van der Waals surface area contributed by atoms with Gasteiger partial charge in [0.15, 0.2) is 0 Å². The van der Waals surface area contributed by atoms with E-state index in [0.717, 1.165) is 19.3 Å². The number of carbonyl (C=O) groups is 2. The number of phenols is 1. The van der Waals surface area contributed by atoms with E-state index in [9.17, 15) is 19.8 Å². The molecule has 1 aromatic carbocycles. The molecule has 1 aromatic rings. The number of aromatic hydroxyl groups is 1. The summed E-state index contributed by atoms with van der Waals surface area (Å²) in [7, 11) is 0. The van der Waals surface area contributed by atoms with Crippen LogP contribution in [-0.4, -0.2) is 28.6 Å². The molecule has 1 saturated carbocycles. The molecule has 0 aromatic heterocycles. The number of phenolic OH excluding ortho intramolecular Hbond substituents is 1. The molecule has 0 aliphatic heterocycles. The lowest BCUT2D eigenvalue weighted by Gasteiger charge is -2.28. The average molecular weight is 312 g/mol. The molecule has 5 nitrogen and oxygen atoms in total. The van der Waals surface area contributed by atoms with Gasteiger partial charge in [-0.05, 0) is 37.0 Å². The van der Waals surface area contributed by atoms with Crippen molar-refractivity contribution in [1.29, 1.82) is 0 Å². The molecule has 1 fully saturated rings. The van der Waals surface area contributed by atoms with Crippen molar-refractivity contribution < 1.29 is 19.8 Å². The van der Waals surface area contributed by atoms with E-state index < -0.39 is 17.8 Å². The van der Waals surface area contributed by atoms with E-state index in [1.807, 2.05) is 0 Å². The summed E-state index contributed by atoms with van der Waals surface area (Å²) in [5.74, 6) is -1.87. The van der Waals surface area contributed by atoms with E-state index in [2.05, 4.69) is 5.32 Å². The number of benzene rings is 1. The van der Waals surface area contributed by atoms with Crippen molar-refractivity contribution >= 4 is 23.5 Å². The van der Waals surface area contributed by atoms with Gasteiger partial charge in [0.2, 0.25) is 0 Å². The minimum absolute atomic E-state index is 0.0680. The fraction of sp³-hybridized carbons (Fsp3) is 0.467. The summed E-state index contributed by atoms with van der Waals surface area (Å²) < 4.78 is 0. The van der Waals surface area contributed by atoms with Gasteiger partial charge in [-0.1, -0.05) is 24.4 Å². The molecule has 114 valence electrons. The summed E-state index contributed by atoms with van der Waals surface area (Å²) >= 11 is 5.81. The molecular formula is C15H18ClNO4. The summed E-state index contributed by atoms with van der Waals surface area (Å²) in [6.07, 6.45) is 3.33. The Morgan fingerprint density at radius 2 is 2.00 bits per heavy atom. The molecule has 1 amide bonds. The Labute approximate surface area is 127 Å². The number of hydrogen-bond acceptors (Lipinski definition) is 3. The van der Waals surface area contributed by atoms with Crippen LogP contribution in [0.15, 0.2) is 18.2 Å². The van der Waals surface area contributed by atoms with Crippen LogP contribution < -0.4 is 5.32 Å². The van der Waals surface area contributed by atoms with Crippen LogP contribution in [0, 0.1) is 11.8 Å². The van der Waals surface area contributed by atoms with Crippen LogP contribution in [0.1, 0.15) is 36.0 Å². The maximum absolute atomic E-state index is 12.1. The molecule has 6 heteroatoms. The van der Waals surface area contributed by atoms with Gasteiger partial charge in [-0.15, -0.1) is 0 Å². The van der Waals surface area contributed by atoms with E-state index >= 15 is 0 Å². The highest BCUT2D eigenvalue weighted by Gasteiger charge is 2.31. The minimum atomic E-state index is -0.806. The lowest BCUT2D eigenvalue weighted by atomic mass is 9.79. The first-order valence-electron chi connectivity index (χ1n) is 6.98. The number of nitrogens with one attached hydrogen (secondary N) is 1. The Kier molecular flexibility index (Phi) is 5.07. The van der Waals surface area contributed by atoms with E-state index in [4.69, 9.17) is 11.6 Å². The second-order valence-electron chi connectivity index (χ2n) is 5.36. The van der Waals surface area contributed by atoms with Gasteiger partial charge in [-0.25, -0.2) is 0 Å². The molecule has 2 rings (SSSR count). The van der Waals surface area contributed by atoms with Gasteiger partial charge in [0.25, 0.3) is 5.91 Å². The molecule has 0 bridgehead atoms. The van der Waals surface area contributed by atoms with E-state index in [1.165, 1.54) is 18.2 Å². The van der Waals surface area contributed by atoms with Crippen molar-refractivity contribution in [1.82, 2.24) is 5.32 Å². The first-order chi connectivity index (χ1) is 9.99. The number of carbonyl (C=O) groups excluding carboxylic acids is 1. The standard InChI is InChI=1S/C15H18ClNO4/c16-10-5-6-13(18)12(7-10)14(19)17-8-9-3-1-2-4-11(9)15(20)21/h5-7,9,11,18H,1-4,8H2,(H,17,19)(H,20,21). The van der Waals surface area contributed by atoms with Gasteiger partial charge in [0, 0.05) is 11.6 Å². The monoisotopic (exact) mass is 311 g/mol. The predicted molar refractivity (Wildman–Crippen MR) is 78.5 cm³/mol.